The van der Waals surface area contributed by atoms with Gasteiger partial charge in [-0.2, -0.15) is 5.10 Å². The zero-order valence-corrected chi connectivity index (χ0v) is 8.75. The number of nitrogens with two attached hydrogens (primary N) is 1. The van der Waals surface area contributed by atoms with Crippen molar-refractivity contribution in [3.8, 4) is 0 Å². The van der Waals surface area contributed by atoms with E-state index < -0.39 is 5.97 Å². The summed E-state index contributed by atoms with van der Waals surface area (Å²) in [5, 5.41) is 12.8. The van der Waals surface area contributed by atoms with Gasteiger partial charge in [0, 0.05) is 6.04 Å². The molecule has 0 amide bonds. The zero-order valence-electron chi connectivity index (χ0n) is 7.99. The largest absolute Gasteiger partial charge is 0.481 e. The zero-order chi connectivity index (χ0) is 10.9. The van der Waals surface area contributed by atoms with Gasteiger partial charge in [-0.15, -0.1) is 0 Å². The number of nitrogens with zero attached hydrogens (tertiary/aromatic N) is 2. The van der Waals surface area contributed by atoms with Crippen LogP contribution in [0, 0.1) is 0 Å². The van der Waals surface area contributed by atoms with Crippen molar-refractivity contribution in [2.75, 3.05) is 5.73 Å². The van der Waals surface area contributed by atoms with Crippen LogP contribution in [-0.2, 0) is 11.2 Å². The molecule has 14 heavy (non-hydrogen) atoms. The fraction of sp³-hybridized carbons (Fsp3) is 0.500. The Bertz CT molecular complexity index is 360. The minimum Gasteiger partial charge on any atom is -0.481 e. The van der Waals surface area contributed by atoms with Crippen molar-refractivity contribution in [2.24, 2.45) is 0 Å². The average molecular weight is 218 g/mol. The smallest absolute Gasteiger partial charge is 0.309 e. The van der Waals surface area contributed by atoms with E-state index >= 15 is 0 Å². The summed E-state index contributed by atoms with van der Waals surface area (Å²) < 4.78 is 1.51. The predicted molar refractivity (Wildman–Crippen MR) is 53.4 cm³/mol. The molecule has 78 valence electrons. The normalized spacial score (nSPS) is 10.9. The van der Waals surface area contributed by atoms with E-state index in [2.05, 4.69) is 5.10 Å². The number of nitrogen functional groups attached to an aromatic ring is 1. The lowest BCUT2D eigenvalue weighted by atomic mass is 10.3. The molecular formula is C8H12ClN3O2. The minimum absolute atomic E-state index is 0.0649. The summed E-state index contributed by atoms with van der Waals surface area (Å²) in [6, 6.07) is 0.0649. The molecule has 0 bridgehead atoms. The second-order valence-electron chi connectivity index (χ2n) is 3.25. The summed E-state index contributed by atoms with van der Waals surface area (Å²) in [5.74, 6) is -0.654. The van der Waals surface area contributed by atoms with Gasteiger partial charge in [-0.1, -0.05) is 11.6 Å². The Morgan fingerprint density at radius 2 is 2.29 bits per heavy atom. The Morgan fingerprint density at radius 3 is 2.64 bits per heavy atom. The lowest BCUT2D eigenvalue weighted by Gasteiger charge is -2.06. The van der Waals surface area contributed by atoms with Crippen LogP contribution in [0.15, 0.2) is 0 Å². The number of hydrogen-bond donors (Lipinski definition) is 2. The summed E-state index contributed by atoms with van der Waals surface area (Å²) in [7, 11) is 0. The van der Waals surface area contributed by atoms with Crippen molar-refractivity contribution in [3.05, 3.63) is 10.7 Å². The molecule has 1 aromatic rings. The van der Waals surface area contributed by atoms with Crippen LogP contribution >= 0.6 is 11.6 Å². The number of aliphatic carboxylic acids is 1. The summed E-state index contributed by atoms with van der Waals surface area (Å²) in [6.07, 6.45) is -0.206. The molecule has 3 N–H and O–H groups in total. The lowest BCUT2D eigenvalue weighted by molar-refractivity contribution is -0.136. The molecule has 0 aliphatic heterocycles. The third-order valence-corrected chi connectivity index (χ3v) is 2.17. The lowest BCUT2D eigenvalue weighted by Crippen LogP contribution is -2.07. The number of carboxylic acids is 1. The van der Waals surface area contributed by atoms with E-state index in [1.54, 1.807) is 0 Å². The highest BCUT2D eigenvalue weighted by Gasteiger charge is 2.17. The first-order chi connectivity index (χ1) is 6.43. The van der Waals surface area contributed by atoms with Gasteiger partial charge in [0.2, 0.25) is 0 Å². The summed E-state index contributed by atoms with van der Waals surface area (Å²) in [5.41, 5.74) is 5.97. The summed E-state index contributed by atoms with van der Waals surface area (Å²) in [6.45, 7) is 3.79. The standard InChI is InChI=1S/C8H12ClN3O2/c1-4(2)12-8(10)7(9)5(11-12)3-6(13)14/h4H,3,10H2,1-2H3,(H,13,14). The first kappa shape index (κ1) is 10.8. The van der Waals surface area contributed by atoms with Crippen molar-refractivity contribution >= 4 is 23.4 Å². The minimum atomic E-state index is -0.972. The number of halogens is 1. The maximum atomic E-state index is 10.5. The molecule has 0 atom stereocenters. The molecule has 1 aromatic heterocycles. The monoisotopic (exact) mass is 217 g/mol. The number of anilines is 1. The number of carboxylic acid groups (broad SMARTS) is 1. The molecule has 0 unspecified atom stereocenters. The molecule has 0 aliphatic rings. The van der Waals surface area contributed by atoms with Crippen molar-refractivity contribution in [1.82, 2.24) is 9.78 Å². The average Bonchev–Trinajstić information content (AvgIpc) is 2.32. The molecular weight excluding hydrogens is 206 g/mol. The first-order valence-electron chi connectivity index (χ1n) is 4.17. The number of aromatic nitrogens is 2. The Morgan fingerprint density at radius 1 is 1.71 bits per heavy atom. The predicted octanol–water partition coefficient (Wildman–Crippen LogP) is 1.33. The first-order valence-corrected chi connectivity index (χ1v) is 4.55. The van der Waals surface area contributed by atoms with Gasteiger partial charge >= 0.3 is 5.97 Å². The van der Waals surface area contributed by atoms with E-state index in [0.29, 0.717) is 11.5 Å². The van der Waals surface area contributed by atoms with Crippen molar-refractivity contribution in [1.29, 1.82) is 0 Å². The van der Waals surface area contributed by atoms with Crippen molar-refractivity contribution < 1.29 is 9.90 Å². The topological polar surface area (TPSA) is 81.1 Å². The van der Waals surface area contributed by atoms with Crippen LogP contribution in [0.4, 0.5) is 5.82 Å². The summed E-state index contributed by atoms with van der Waals surface area (Å²) in [4.78, 5) is 10.5. The Kier molecular flexibility index (Phi) is 3.00. The van der Waals surface area contributed by atoms with Gasteiger partial charge in [-0.3, -0.25) is 4.79 Å². The molecule has 0 aromatic carbocycles. The van der Waals surface area contributed by atoms with Crippen molar-refractivity contribution in [2.45, 2.75) is 26.3 Å². The third-order valence-electron chi connectivity index (χ3n) is 1.76. The fourth-order valence-electron chi connectivity index (χ4n) is 1.13. The summed E-state index contributed by atoms with van der Waals surface area (Å²) >= 11 is 5.83. The highest BCUT2D eigenvalue weighted by atomic mass is 35.5. The fourth-order valence-corrected chi connectivity index (χ4v) is 1.32. The van der Waals surface area contributed by atoms with Gasteiger partial charge in [0.15, 0.2) is 0 Å². The molecule has 0 fully saturated rings. The second-order valence-corrected chi connectivity index (χ2v) is 3.63. The molecule has 0 saturated heterocycles. The van der Waals surface area contributed by atoms with Crippen LogP contribution in [-0.4, -0.2) is 20.9 Å². The van der Waals surface area contributed by atoms with Crippen LogP contribution in [0.1, 0.15) is 25.6 Å². The molecule has 5 nitrogen and oxygen atoms in total. The number of rotatable bonds is 3. The van der Waals surface area contributed by atoms with E-state index in [1.165, 1.54) is 4.68 Å². The molecule has 1 heterocycles. The van der Waals surface area contributed by atoms with Crippen LogP contribution in [0.3, 0.4) is 0 Å². The quantitative estimate of drug-likeness (QED) is 0.800. The SMILES string of the molecule is CC(C)n1nc(CC(=O)O)c(Cl)c1N. The molecule has 0 spiro atoms. The van der Waals surface area contributed by atoms with E-state index in [1.807, 2.05) is 13.8 Å². The molecule has 0 saturated carbocycles. The highest BCUT2D eigenvalue weighted by Crippen LogP contribution is 2.25. The molecule has 1 rings (SSSR count). The van der Waals surface area contributed by atoms with Crippen molar-refractivity contribution in [3.63, 3.8) is 0 Å². The van der Waals surface area contributed by atoms with Crippen LogP contribution < -0.4 is 5.73 Å². The number of carbonyl (C=O) groups is 1. The van der Waals surface area contributed by atoms with Gasteiger partial charge < -0.3 is 10.8 Å². The van der Waals surface area contributed by atoms with Gasteiger partial charge in [0.1, 0.15) is 10.8 Å². The molecule has 6 heteroatoms. The van der Waals surface area contributed by atoms with Gasteiger partial charge in [0.25, 0.3) is 0 Å². The van der Waals surface area contributed by atoms with Crippen LogP contribution in [0.5, 0.6) is 0 Å². The third kappa shape index (κ3) is 1.98. The Hall–Kier alpha value is -1.23. The van der Waals surface area contributed by atoms with Gasteiger partial charge in [-0.05, 0) is 13.8 Å². The Labute approximate surface area is 86.5 Å². The highest BCUT2D eigenvalue weighted by molar-refractivity contribution is 6.33. The van der Waals surface area contributed by atoms with Gasteiger partial charge in [-0.25, -0.2) is 4.68 Å². The van der Waals surface area contributed by atoms with E-state index in [-0.39, 0.29) is 17.5 Å². The van der Waals surface area contributed by atoms with E-state index in [9.17, 15) is 4.79 Å². The van der Waals surface area contributed by atoms with Crippen LogP contribution in [0.2, 0.25) is 5.02 Å². The molecule has 0 radical (unpaired) electrons. The Balaban J connectivity index is 3.08. The number of hydrogen-bond acceptors (Lipinski definition) is 3. The van der Waals surface area contributed by atoms with Crippen LogP contribution in [0.25, 0.3) is 0 Å². The maximum absolute atomic E-state index is 10.5. The van der Waals surface area contributed by atoms with E-state index in [4.69, 9.17) is 22.4 Å². The van der Waals surface area contributed by atoms with E-state index in [0.717, 1.165) is 0 Å². The maximum Gasteiger partial charge on any atom is 0.309 e. The molecule has 0 aliphatic carbocycles. The second kappa shape index (κ2) is 3.88. The van der Waals surface area contributed by atoms with Gasteiger partial charge in [0.05, 0.1) is 12.1 Å².